The Balaban J connectivity index is 1.72. The predicted molar refractivity (Wildman–Crippen MR) is 110 cm³/mol. The predicted octanol–water partition coefficient (Wildman–Crippen LogP) is 3.18. The molecule has 1 N–H and O–H groups in total. The molecule has 1 aliphatic rings. The molecule has 1 amide bonds. The molecule has 2 heterocycles. The molecule has 0 saturated carbocycles. The van der Waals surface area contributed by atoms with Crippen molar-refractivity contribution in [2.75, 3.05) is 7.11 Å². The summed E-state index contributed by atoms with van der Waals surface area (Å²) in [7, 11) is 1.58. The first-order chi connectivity index (χ1) is 14.6. The number of fused-ring (bicyclic) bond motifs is 1. The maximum absolute atomic E-state index is 12.8. The fraction of sp³-hybridized carbons (Fsp3) is 0.227. The number of ether oxygens (including phenoxy) is 1. The number of carbonyl (C=O) groups excluding carboxylic acids is 1. The molecule has 3 aromatic rings. The number of carboxylic acids is 1. The van der Waals surface area contributed by atoms with Gasteiger partial charge < -0.3 is 9.84 Å². The lowest BCUT2D eigenvalue weighted by Gasteiger charge is -2.21. The van der Waals surface area contributed by atoms with Gasteiger partial charge in [-0.3, -0.25) is 14.6 Å². The zero-order valence-corrected chi connectivity index (χ0v) is 16.4. The van der Waals surface area contributed by atoms with Crippen LogP contribution in [0.3, 0.4) is 0 Å². The number of methoxy groups -OCH3 is 1. The molecule has 30 heavy (non-hydrogen) atoms. The Kier molecular flexibility index (Phi) is 5.38. The van der Waals surface area contributed by atoms with Crippen molar-refractivity contribution >= 4 is 28.6 Å². The fourth-order valence-corrected chi connectivity index (χ4v) is 3.48. The Morgan fingerprint density at radius 2 is 1.83 bits per heavy atom. The van der Waals surface area contributed by atoms with Crippen molar-refractivity contribution in [3.63, 3.8) is 0 Å². The second-order valence-electron chi connectivity index (χ2n) is 6.88. The summed E-state index contributed by atoms with van der Waals surface area (Å²) < 4.78 is 5.44. The highest BCUT2D eigenvalue weighted by atomic mass is 16.5. The van der Waals surface area contributed by atoms with Crippen molar-refractivity contribution in [2.45, 2.75) is 25.3 Å². The first-order valence-corrected chi connectivity index (χ1v) is 9.53. The van der Waals surface area contributed by atoms with E-state index in [1.807, 2.05) is 48.5 Å². The third-order valence-electron chi connectivity index (χ3n) is 4.95. The van der Waals surface area contributed by atoms with Crippen LogP contribution in [0.2, 0.25) is 0 Å². The second-order valence-corrected chi connectivity index (χ2v) is 6.88. The Labute approximate surface area is 172 Å². The Bertz CT molecular complexity index is 1140. The summed E-state index contributed by atoms with van der Waals surface area (Å²) in [4.78, 5) is 32.9. The second kappa shape index (κ2) is 8.28. The first-order valence-electron chi connectivity index (χ1n) is 9.53. The Morgan fingerprint density at radius 1 is 1.10 bits per heavy atom. The number of hydrogen-bond donors (Lipinski definition) is 1. The highest BCUT2D eigenvalue weighted by molar-refractivity contribution is 6.05. The molecular weight excluding hydrogens is 384 g/mol. The van der Waals surface area contributed by atoms with E-state index in [4.69, 9.17) is 9.84 Å². The lowest BCUT2D eigenvalue weighted by atomic mass is 10.0. The molecule has 4 rings (SSSR count). The largest absolute Gasteiger partial charge is 0.496 e. The van der Waals surface area contributed by atoms with Crippen LogP contribution in [-0.2, 0) is 9.59 Å². The SMILES string of the molecule is COc1ccccc1C1=NN(C(=O)CCC(=O)O)C(c2cnc3ccccc3n2)C1. The number of aliphatic carboxylic acids is 1. The number of amides is 1. The lowest BCUT2D eigenvalue weighted by molar-refractivity contribution is -0.141. The molecule has 0 fully saturated rings. The van der Waals surface area contributed by atoms with Crippen LogP contribution >= 0.6 is 0 Å². The summed E-state index contributed by atoms with van der Waals surface area (Å²) in [6.07, 6.45) is 1.66. The van der Waals surface area contributed by atoms with E-state index in [1.54, 1.807) is 13.3 Å². The van der Waals surface area contributed by atoms with Gasteiger partial charge in [-0.15, -0.1) is 0 Å². The van der Waals surface area contributed by atoms with Crippen LogP contribution in [0.25, 0.3) is 11.0 Å². The maximum Gasteiger partial charge on any atom is 0.303 e. The van der Waals surface area contributed by atoms with E-state index in [1.165, 1.54) is 5.01 Å². The average Bonchev–Trinajstić information content (AvgIpc) is 3.22. The molecular formula is C22H20N4O4. The first kappa shape index (κ1) is 19.5. The summed E-state index contributed by atoms with van der Waals surface area (Å²) >= 11 is 0. The zero-order chi connectivity index (χ0) is 21.1. The van der Waals surface area contributed by atoms with Gasteiger partial charge in [0.15, 0.2) is 0 Å². The normalized spacial score (nSPS) is 15.8. The van der Waals surface area contributed by atoms with Crippen molar-refractivity contribution in [3.8, 4) is 5.75 Å². The number of hydrazone groups is 1. The maximum atomic E-state index is 12.8. The third-order valence-corrected chi connectivity index (χ3v) is 4.95. The summed E-state index contributed by atoms with van der Waals surface area (Å²) in [6.45, 7) is 0. The van der Waals surface area contributed by atoms with Crippen molar-refractivity contribution < 1.29 is 19.4 Å². The molecule has 1 aliphatic heterocycles. The smallest absolute Gasteiger partial charge is 0.303 e. The molecule has 2 aromatic carbocycles. The van der Waals surface area contributed by atoms with Gasteiger partial charge >= 0.3 is 5.97 Å². The summed E-state index contributed by atoms with van der Waals surface area (Å²) in [5, 5.41) is 14.8. The van der Waals surface area contributed by atoms with Crippen LogP contribution in [-0.4, -0.2) is 44.8 Å². The molecule has 0 saturated heterocycles. The Hall–Kier alpha value is -3.81. The highest BCUT2D eigenvalue weighted by Gasteiger charge is 2.35. The summed E-state index contributed by atoms with van der Waals surface area (Å²) in [5.41, 5.74) is 3.54. The number of benzene rings is 2. The summed E-state index contributed by atoms with van der Waals surface area (Å²) in [6, 6.07) is 14.5. The van der Waals surface area contributed by atoms with E-state index in [9.17, 15) is 9.59 Å². The van der Waals surface area contributed by atoms with Crippen molar-refractivity contribution in [2.24, 2.45) is 5.10 Å². The number of rotatable bonds is 6. The van der Waals surface area contributed by atoms with Gasteiger partial charge in [-0.1, -0.05) is 24.3 Å². The number of carboxylic acid groups (broad SMARTS) is 1. The van der Waals surface area contributed by atoms with Gasteiger partial charge in [0.25, 0.3) is 0 Å². The molecule has 0 aliphatic carbocycles. The number of aromatic nitrogens is 2. The minimum atomic E-state index is -1.03. The quantitative estimate of drug-likeness (QED) is 0.677. The topological polar surface area (TPSA) is 105 Å². The van der Waals surface area contributed by atoms with Crippen LogP contribution in [0.5, 0.6) is 5.75 Å². The van der Waals surface area contributed by atoms with E-state index < -0.39 is 12.0 Å². The van der Waals surface area contributed by atoms with Gasteiger partial charge in [-0.05, 0) is 24.3 Å². The number of hydrogen-bond acceptors (Lipinski definition) is 6. The monoisotopic (exact) mass is 404 g/mol. The standard InChI is InChI=1S/C22H20N4O4/c1-30-20-9-5-2-6-14(20)17-12-19(26(25-17)21(27)10-11-22(28)29)18-13-23-15-7-3-4-8-16(15)24-18/h2-9,13,19H,10-12H2,1H3,(H,28,29). The van der Waals surface area contributed by atoms with E-state index in [0.29, 0.717) is 23.6 Å². The van der Waals surface area contributed by atoms with Crippen molar-refractivity contribution in [3.05, 3.63) is 66.0 Å². The third kappa shape index (κ3) is 3.84. The van der Waals surface area contributed by atoms with Crippen molar-refractivity contribution in [1.29, 1.82) is 0 Å². The molecule has 1 unspecified atom stereocenters. The summed E-state index contributed by atoms with van der Waals surface area (Å²) in [5.74, 6) is -0.750. The number of para-hydroxylation sites is 3. The highest BCUT2D eigenvalue weighted by Crippen LogP contribution is 2.35. The molecule has 0 radical (unpaired) electrons. The minimum absolute atomic E-state index is 0.143. The van der Waals surface area contributed by atoms with Crippen LogP contribution in [0, 0.1) is 0 Å². The van der Waals surface area contributed by atoms with Crippen LogP contribution in [0.15, 0.2) is 59.8 Å². The molecule has 8 heteroatoms. The van der Waals surface area contributed by atoms with Gasteiger partial charge in [-0.2, -0.15) is 5.10 Å². The van der Waals surface area contributed by atoms with Gasteiger partial charge in [0.2, 0.25) is 5.91 Å². The van der Waals surface area contributed by atoms with E-state index in [-0.39, 0.29) is 18.7 Å². The minimum Gasteiger partial charge on any atom is -0.496 e. The van der Waals surface area contributed by atoms with E-state index in [2.05, 4.69) is 15.1 Å². The molecule has 0 bridgehead atoms. The van der Waals surface area contributed by atoms with Gasteiger partial charge in [0.05, 0.1) is 42.2 Å². The Morgan fingerprint density at radius 3 is 2.60 bits per heavy atom. The molecule has 0 spiro atoms. The van der Waals surface area contributed by atoms with E-state index in [0.717, 1.165) is 16.6 Å². The van der Waals surface area contributed by atoms with Crippen molar-refractivity contribution in [1.82, 2.24) is 15.0 Å². The van der Waals surface area contributed by atoms with E-state index >= 15 is 0 Å². The van der Waals surface area contributed by atoms with Gasteiger partial charge in [0.1, 0.15) is 11.8 Å². The average molecular weight is 404 g/mol. The molecule has 1 atom stereocenters. The van der Waals surface area contributed by atoms with Crippen LogP contribution in [0.4, 0.5) is 0 Å². The molecule has 8 nitrogen and oxygen atoms in total. The van der Waals surface area contributed by atoms with Gasteiger partial charge in [0, 0.05) is 18.4 Å². The zero-order valence-electron chi connectivity index (χ0n) is 16.4. The number of carbonyl (C=O) groups is 2. The molecule has 1 aromatic heterocycles. The number of nitrogens with zero attached hydrogens (tertiary/aromatic N) is 4. The fourth-order valence-electron chi connectivity index (χ4n) is 3.48. The molecule has 152 valence electrons. The van der Waals surface area contributed by atoms with Crippen LogP contribution < -0.4 is 4.74 Å². The van der Waals surface area contributed by atoms with Gasteiger partial charge in [-0.25, -0.2) is 9.99 Å². The lowest BCUT2D eigenvalue weighted by Crippen LogP contribution is -2.28. The van der Waals surface area contributed by atoms with Crippen LogP contribution in [0.1, 0.15) is 36.6 Å².